The van der Waals surface area contributed by atoms with Crippen LogP contribution in [-0.4, -0.2) is 18.4 Å². The smallest absolute Gasteiger partial charge is 0.239 e. The van der Waals surface area contributed by atoms with Gasteiger partial charge in [-0.05, 0) is 24.1 Å². The summed E-state index contributed by atoms with van der Waals surface area (Å²) in [6.45, 7) is 7.38. The molecule has 0 aliphatic heterocycles. The Morgan fingerprint density at radius 3 is 2.48 bits per heavy atom. The third kappa shape index (κ3) is 5.76. The molecule has 0 bridgehead atoms. The summed E-state index contributed by atoms with van der Waals surface area (Å²) in [7, 11) is 0. The minimum Gasteiger partial charge on any atom is -0.348 e. The Labute approximate surface area is 131 Å². The lowest BCUT2D eigenvalue weighted by Crippen LogP contribution is -2.42. The van der Waals surface area contributed by atoms with Crippen LogP contribution in [0, 0.1) is 5.41 Å². The normalized spacial score (nSPS) is 12.6. The number of carbonyl (C=O) groups is 2. The number of carbonyl (C=O) groups excluding carboxylic acids is 2. The van der Waals surface area contributed by atoms with E-state index < -0.39 is 5.41 Å². The van der Waals surface area contributed by atoms with Crippen molar-refractivity contribution < 1.29 is 9.59 Å². The lowest BCUT2D eigenvalue weighted by Gasteiger charge is -2.20. The molecule has 0 heterocycles. The van der Waals surface area contributed by atoms with Crippen molar-refractivity contribution in [3.63, 3.8) is 0 Å². The molecule has 0 aliphatic rings. The van der Waals surface area contributed by atoms with Crippen LogP contribution in [0.5, 0.6) is 0 Å². The van der Waals surface area contributed by atoms with E-state index in [1.807, 2.05) is 25.1 Å². The van der Waals surface area contributed by atoms with Crippen LogP contribution in [0.1, 0.15) is 45.7 Å². The van der Waals surface area contributed by atoms with Gasteiger partial charge in [0, 0.05) is 10.4 Å². The van der Waals surface area contributed by atoms with E-state index in [1.165, 1.54) is 0 Å². The summed E-state index contributed by atoms with van der Waals surface area (Å²) in [5.74, 6) is -0.354. The molecule has 2 N–H and O–H groups in total. The Balaban J connectivity index is 2.58. The molecule has 1 atom stereocenters. The van der Waals surface area contributed by atoms with Gasteiger partial charge < -0.3 is 10.6 Å². The Morgan fingerprint density at radius 1 is 1.29 bits per heavy atom. The molecule has 0 aliphatic carbocycles. The summed E-state index contributed by atoms with van der Waals surface area (Å²) in [6, 6.07) is 7.30. The second kappa shape index (κ2) is 7.46. The Hall–Kier alpha value is -1.55. The summed E-state index contributed by atoms with van der Waals surface area (Å²) in [4.78, 5) is 23.7. The zero-order chi connectivity index (χ0) is 16.0. The number of halogens is 1. The third-order valence-corrected chi connectivity index (χ3v) is 3.32. The maximum atomic E-state index is 11.9. The highest BCUT2D eigenvalue weighted by Gasteiger charge is 2.22. The van der Waals surface area contributed by atoms with Gasteiger partial charge in [-0.3, -0.25) is 9.59 Å². The molecule has 21 heavy (non-hydrogen) atoms. The van der Waals surface area contributed by atoms with E-state index in [0.29, 0.717) is 5.02 Å². The van der Waals surface area contributed by atoms with Crippen molar-refractivity contribution >= 4 is 23.4 Å². The molecule has 1 aromatic carbocycles. The van der Waals surface area contributed by atoms with E-state index in [4.69, 9.17) is 11.6 Å². The van der Waals surface area contributed by atoms with Gasteiger partial charge in [0.25, 0.3) is 0 Å². The molecule has 1 rings (SSSR count). The average molecular weight is 311 g/mol. The first kappa shape index (κ1) is 17.5. The molecule has 0 radical (unpaired) electrons. The van der Waals surface area contributed by atoms with E-state index in [1.54, 1.807) is 26.8 Å². The maximum Gasteiger partial charge on any atom is 0.239 e. The quantitative estimate of drug-likeness (QED) is 0.878. The highest BCUT2D eigenvalue weighted by Crippen LogP contribution is 2.20. The van der Waals surface area contributed by atoms with Crippen LogP contribution in [0.25, 0.3) is 0 Å². The molecule has 116 valence electrons. The van der Waals surface area contributed by atoms with E-state index >= 15 is 0 Å². The lowest BCUT2D eigenvalue weighted by atomic mass is 9.96. The monoisotopic (exact) mass is 310 g/mol. The van der Waals surface area contributed by atoms with E-state index in [9.17, 15) is 9.59 Å². The van der Waals surface area contributed by atoms with Gasteiger partial charge in [0.2, 0.25) is 11.8 Å². The molecule has 2 amide bonds. The largest absolute Gasteiger partial charge is 0.348 e. The van der Waals surface area contributed by atoms with Gasteiger partial charge in [-0.1, -0.05) is 51.4 Å². The first-order valence-electron chi connectivity index (χ1n) is 7.07. The average Bonchev–Trinajstić information content (AvgIpc) is 2.41. The van der Waals surface area contributed by atoms with E-state index in [2.05, 4.69) is 10.6 Å². The second-order valence-corrected chi connectivity index (χ2v) is 6.45. The molecule has 0 saturated heterocycles. The predicted molar refractivity (Wildman–Crippen MR) is 85.1 cm³/mol. The van der Waals surface area contributed by atoms with Gasteiger partial charge in [0.15, 0.2) is 0 Å². The second-order valence-electron chi connectivity index (χ2n) is 6.02. The molecule has 4 nitrogen and oxygen atoms in total. The van der Waals surface area contributed by atoms with Crippen LogP contribution in [0.15, 0.2) is 24.3 Å². The molecule has 0 fully saturated rings. The fourth-order valence-electron chi connectivity index (χ4n) is 1.82. The summed E-state index contributed by atoms with van der Waals surface area (Å²) in [5, 5.41) is 6.18. The fourth-order valence-corrected chi connectivity index (χ4v) is 2.01. The number of hydrogen-bond donors (Lipinski definition) is 2. The number of rotatable bonds is 5. The number of hydrogen-bond acceptors (Lipinski definition) is 2. The zero-order valence-electron chi connectivity index (χ0n) is 13.0. The van der Waals surface area contributed by atoms with Crippen LogP contribution in [0.3, 0.4) is 0 Å². The molecule has 0 spiro atoms. The molecule has 0 saturated carbocycles. The molecule has 0 aromatic heterocycles. The van der Waals surface area contributed by atoms with Gasteiger partial charge in [-0.15, -0.1) is 0 Å². The van der Waals surface area contributed by atoms with Crippen molar-refractivity contribution in [3.05, 3.63) is 34.9 Å². The van der Waals surface area contributed by atoms with Gasteiger partial charge >= 0.3 is 0 Å². The summed E-state index contributed by atoms with van der Waals surface area (Å²) in [5.41, 5.74) is 0.456. The Bertz CT molecular complexity index is 509. The predicted octanol–water partition coefficient (Wildman–Crippen LogP) is 3.07. The van der Waals surface area contributed by atoms with Crippen LogP contribution in [-0.2, 0) is 9.59 Å². The number of amides is 2. The van der Waals surface area contributed by atoms with Crippen molar-refractivity contribution in [2.24, 2.45) is 5.41 Å². The summed E-state index contributed by atoms with van der Waals surface area (Å²) < 4.78 is 0. The van der Waals surface area contributed by atoms with Crippen molar-refractivity contribution in [2.75, 3.05) is 6.54 Å². The Kier molecular flexibility index (Phi) is 6.21. The fraction of sp³-hybridized carbons (Fsp3) is 0.500. The topological polar surface area (TPSA) is 58.2 Å². The van der Waals surface area contributed by atoms with Crippen molar-refractivity contribution in [2.45, 2.75) is 40.2 Å². The minimum atomic E-state index is -0.503. The van der Waals surface area contributed by atoms with Gasteiger partial charge in [0.1, 0.15) is 0 Å². The minimum absolute atomic E-state index is 0.0207. The van der Waals surface area contributed by atoms with E-state index in [0.717, 1.165) is 12.0 Å². The van der Waals surface area contributed by atoms with Crippen molar-refractivity contribution in [1.29, 1.82) is 0 Å². The van der Waals surface area contributed by atoms with Crippen LogP contribution in [0.4, 0.5) is 0 Å². The van der Waals surface area contributed by atoms with Gasteiger partial charge in [0.05, 0.1) is 12.6 Å². The molecule has 1 aromatic rings. The SMILES string of the molecule is CCC(NC(=O)CNC(=O)C(C)(C)C)c1cccc(Cl)c1. The summed E-state index contributed by atoms with van der Waals surface area (Å²) >= 11 is 5.97. The van der Waals surface area contributed by atoms with Crippen molar-refractivity contribution in [3.8, 4) is 0 Å². The maximum absolute atomic E-state index is 11.9. The first-order valence-corrected chi connectivity index (χ1v) is 7.45. The van der Waals surface area contributed by atoms with E-state index in [-0.39, 0.29) is 24.4 Å². The molecular formula is C16H23ClN2O2. The third-order valence-electron chi connectivity index (χ3n) is 3.09. The summed E-state index contributed by atoms with van der Waals surface area (Å²) in [6.07, 6.45) is 0.749. The molecule has 1 unspecified atom stereocenters. The molecular weight excluding hydrogens is 288 g/mol. The standard InChI is InChI=1S/C16H23ClN2O2/c1-5-13(11-7-6-8-12(17)9-11)19-14(20)10-18-15(21)16(2,3)4/h6-9,13H,5,10H2,1-4H3,(H,18,21)(H,19,20). The van der Waals surface area contributed by atoms with Crippen LogP contribution in [0.2, 0.25) is 5.02 Å². The first-order chi connectivity index (χ1) is 9.74. The number of benzene rings is 1. The van der Waals surface area contributed by atoms with Gasteiger partial charge in [-0.25, -0.2) is 0 Å². The zero-order valence-corrected chi connectivity index (χ0v) is 13.8. The Morgan fingerprint density at radius 2 is 1.95 bits per heavy atom. The van der Waals surface area contributed by atoms with Crippen LogP contribution < -0.4 is 10.6 Å². The van der Waals surface area contributed by atoms with Crippen LogP contribution >= 0.6 is 11.6 Å². The molecule has 5 heteroatoms. The van der Waals surface area contributed by atoms with Crippen molar-refractivity contribution in [1.82, 2.24) is 10.6 Å². The lowest BCUT2D eigenvalue weighted by molar-refractivity contribution is -0.131. The highest BCUT2D eigenvalue weighted by molar-refractivity contribution is 6.30. The number of nitrogens with one attached hydrogen (secondary N) is 2. The van der Waals surface area contributed by atoms with Gasteiger partial charge in [-0.2, -0.15) is 0 Å². The highest BCUT2D eigenvalue weighted by atomic mass is 35.5.